The highest BCUT2D eigenvalue weighted by Gasteiger charge is 2.43. The van der Waals surface area contributed by atoms with Gasteiger partial charge in [0.2, 0.25) is 0 Å². The van der Waals surface area contributed by atoms with Gasteiger partial charge in [-0.15, -0.1) is 6.58 Å². The maximum atomic E-state index is 3.99. The van der Waals surface area contributed by atoms with Crippen LogP contribution in [0.15, 0.2) is 35.3 Å². The van der Waals surface area contributed by atoms with Crippen molar-refractivity contribution in [3.8, 4) is 0 Å². The predicted octanol–water partition coefficient (Wildman–Crippen LogP) is 5.65. The van der Waals surface area contributed by atoms with E-state index in [0.29, 0.717) is 11.5 Å². The third-order valence-corrected chi connectivity index (χ3v) is 5.66. The Bertz CT molecular complexity index is 502. The average molecular weight is 334 g/mol. The maximum absolute atomic E-state index is 3.99. The number of halogens is 1. The Morgan fingerprint density at radius 3 is 2.80 bits per heavy atom. The molecule has 1 nitrogen and oxygen atoms in total. The van der Waals surface area contributed by atoms with E-state index in [0.717, 1.165) is 6.54 Å². The number of benzene rings is 1. The van der Waals surface area contributed by atoms with E-state index >= 15 is 0 Å². The van der Waals surface area contributed by atoms with E-state index in [9.17, 15) is 0 Å². The second-order valence-electron chi connectivity index (χ2n) is 6.49. The molecule has 0 saturated heterocycles. The summed E-state index contributed by atoms with van der Waals surface area (Å²) in [5, 5.41) is 0. The first-order valence-corrected chi connectivity index (χ1v) is 8.63. The van der Waals surface area contributed by atoms with E-state index in [2.05, 4.69) is 58.6 Å². The SMILES string of the molecule is C=CCN1c2ccc(Br)cc2C(C)CC12CCCCC2. The van der Waals surface area contributed by atoms with Crippen molar-refractivity contribution in [1.29, 1.82) is 0 Å². The monoisotopic (exact) mass is 333 g/mol. The summed E-state index contributed by atoms with van der Waals surface area (Å²) in [7, 11) is 0. The molecule has 0 aromatic heterocycles. The van der Waals surface area contributed by atoms with Gasteiger partial charge < -0.3 is 4.90 Å². The molecule has 1 fully saturated rings. The van der Waals surface area contributed by atoms with Gasteiger partial charge in [-0.2, -0.15) is 0 Å². The quantitative estimate of drug-likeness (QED) is 0.632. The van der Waals surface area contributed by atoms with Crippen LogP contribution in [0.1, 0.15) is 56.9 Å². The lowest BCUT2D eigenvalue weighted by Gasteiger charge is -2.53. The topological polar surface area (TPSA) is 3.24 Å². The molecule has 0 amide bonds. The van der Waals surface area contributed by atoms with Gasteiger partial charge in [0.1, 0.15) is 0 Å². The van der Waals surface area contributed by atoms with Crippen LogP contribution in [-0.4, -0.2) is 12.1 Å². The molecule has 2 aliphatic rings. The summed E-state index contributed by atoms with van der Waals surface area (Å²) in [4.78, 5) is 2.65. The molecule has 0 N–H and O–H groups in total. The van der Waals surface area contributed by atoms with E-state index in [1.165, 1.54) is 54.2 Å². The summed E-state index contributed by atoms with van der Waals surface area (Å²) in [6, 6.07) is 6.80. The molecule has 1 aliphatic heterocycles. The van der Waals surface area contributed by atoms with Gasteiger partial charge in [-0.25, -0.2) is 0 Å². The normalized spacial score (nSPS) is 24.5. The fourth-order valence-electron chi connectivity index (χ4n) is 4.32. The lowest BCUT2D eigenvalue weighted by molar-refractivity contribution is 0.238. The van der Waals surface area contributed by atoms with Gasteiger partial charge in [0.05, 0.1) is 0 Å². The summed E-state index contributed by atoms with van der Waals surface area (Å²) in [6.07, 6.45) is 10.2. The van der Waals surface area contributed by atoms with Gasteiger partial charge >= 0.3 is 0 Å². The molecule has 1 aliphatic carbocycles. The molecule has 3 rings (SSSR count). The maximum Gasteiger partial charge on any atom is 0.0411 e. The van der Waals surface area contributed by atoms with Crippen molar-refractivity contribution < 1.29 is 0 Å². The molecule has 1 atom stereocenters. The lowest BCUT2D eigenvalue weighted by Crippen LogP contribution is -2.53. The highest BCUT2D eigenvalue weighted by atomic mass is 79.9. The fraction of sp³-hybridized carbons (Fsp3) is 0.556. The van der Waals surface area contributed by atoms with Crippen LogP contribution in [0.2, 0.25) is 0 Å². The van der Waals surface area contributed by atoms with Gasteiger partial charge in [0.15, 0.2) is 0 Å². The summed E-state index contributed by atoms with van der Waals surface area (Å²) < 4.78 is 1.20. The average Bonchev–Trinajstić information content (AvgIpc) is 2.45. The highest BCUT2D eigenvalue weighted by Crippen LogP contribution is 2.49. The summed E-state index contributed by atoms with van der Waals surface area (Å²) >= 11 is 3.63. The second-order valence-corrected chi connectivity index (χ2v) is 7.41. The Kier molecular flexibility index (Phi) is 3.94. The molecule has 1 heterocycles. The third kappa shape index (κ3) is 2.32. The lowest BCUT2D eigenvalue weighted by atomic mass is 9.70. The minimum absolute atomic E-state index is 0.382. The Hall–Kier alpha value is -0.760. The number of hydrogen-bond donors (Lipinski definition) is 0. The van der Waals surface area contributed by atoms with Gasteiger partial charge in [0, 0.05) is 22.2 Å². The molecular weight excluding hydrogens is 310 g/mol. The minimum Gasteiger partial charge on any atom is -0.362 e. The molecule has 2 heteroatoms. The van der Waals surface area contributed by atoms with Crippen LogP contribution < -0.4 is 4.90 Å². The van der Waals surface area contributed by atoms with Crippen molar-refractivity contribution in [1.82, 2.24) is 0 Å². The van der Waals surface area contributed by atoms with E-state index in [1.807, 2.05) is 0 Å². The van der Waals surface area contributed by atoms with Crippen molar-refractivity contribution in [2.24, 2.45) is 0 Å². The van der Waals surface area contributed by atoms with Crippen molar-refractivity contribution in [3.05, 3.63) is 40.9 Å². The first-order chi connectivity index (χ1) is 9.66. The van der Waals surface area contributed by atoms with E-state index < -0.39 is 0 Å². The first kappa shape index (κ1) is 14.2. The summed E-state index contributed by atoms with van der Waals surface area (Å²) in [5.41, 5.74) is 3.32. The zero-order valence-electron chi connectivity index (χ0n) is 12.4. The van der Waals surface area contributed by atoms with Crippen LogP contribution >= 0.6 is 15.9 Å². The zero-order valence-corrected chi connectivity index (χ0v) is 14.0. The van der Waals surface area contributed by atoms with Crippen molar-refractivity contribution >= 4 is 21.6 Å². The molecule has 1 unspecified atom stereocenters. The summed E-state index contributed by atoms with van der Waals surface area (Å²) in [6.45, 7) is 7.36. The Labute approximate surface area is 131 Å². The summed E-state index contributed by atoms with van der Waals surface area (Å²) in [5.74, 6) is 0.654. The van der Waals surface area contributed by atoms with Gasteiger partial charge in [-0.3, -0.25) is 0 Å². The molecule has 1 aromatic carbocycles. The van der Waals surface area contributed by atoms with Gasteiger partial charge in [-0.05, 0) is 48.9 Å². The Morgan fingerprint density at radius 1 is 1.35 bits per heavy atom. The smallest absolute Gasteiger partial charge is 0.0411 e. The number of nitrogens with zero attached hydrogens (tertiary/aromatic N) is 1. The largest absolute Gasteiger partial charge is 0.362 e. The van der Waals surface area contributed by atoms with Crippen LogP contribution in [0, 0.1) is 0 Å². The highest BCUT2D eigenvalue weighted by molar-refractivity contribution is 9.10. The van der Waals surface area contributed by atoms with Crippen LogP contribution in [0.5, 0.6) is 0 Å². The minimum atomic E-state index is 0.382. The molecule has 108 valence electrons. The first-order valence-electron chi connectivity index (χ1n) is 7.84. The predicted molar refractivity (Wildman–Crippen MR) is 90.5 cm³/mol. The van der Waals surface area contributed by atoms with Gasteiger partial charge in [-0.1, -0.05) is 48.2 Å². The van der Waals surface area contributed by atoms with Crippen LogP contribution in [0.4, 0.5) is 5.69 Å². The molecular formula is C18H24BrN. The van der Waals surface area contributed by atoms with E-state index in [1.54, 1.807) is 0 Å². The molecule has 0 radical (unpaired) electrons. The molecule has 1 saturated carbocycles. The van der Waals surface area contributed by atoms with Crippen LogP contribution in [-0.2, 0) is 0 Å². The zero-order chi connectivity index (χ0) is 14.2. The third-order valence-electron chi connectivity index (χ3n) is 5.17. The van der Waals surface area contributed by atoms with Crippen molar-refractivity contribution in [2.45, 2.75) is 56.9 Å². The molecule has 1 aromatic rings. The van der Waals surface area contributed by atoms with E-state index in [-0.39, 0.29) is 0 Å². The van der Waals surface area contributed by atoms with E-state index in [4.69, 9.17) is 0 Å². The standard InChI is InChI=1S/C18H24BrN/c1-3-11-20-17-8-7-15(19)12-16(17)14(2)13-18(20)9-5-4-6-10-18/h3,7-8,12,14H,1,4-6,9-11,13H2,2H3. The van der Waals surface area contributed by atoms with Gasteiger partial charge in [0.25, 0.3) is 0 Å². The number of hydrogen-bond acceptors (Lipinski definition) is 1. The van der Waals surface area contributed by atoms with Crippen molar-refractivity contribution in [3.63, 3.8) is 0 Å². The number of fused-ring (bicyclic) bond motifs is 1. The second kappa shape index (κ2) is 5.55. The fourth-order valence-corrected chi connectivity index (χ4v) is 4.70. The number of rotatable bonds is 2. The number of anilines is 1. The van der Waals surface area contributed by atoms with Crippen LogP contribution in [0.3, 0.4) is 0 Å². The van der Waals surface area contributed by atoms with Crippen LogP contribution in [0.25, 0.3) is 0 Å². The molecule has 0 bridgehead atoms. The molecule has 20 heavy (non-hydrogen) atoms. The Morgan fingerprint density at radius 2 is 2.10 bits per heavy atom. The van der Waals surface area contributed by atoms with Crippen molar-refractivity contribution in [2.75, 3.05) is 11.4 Å². The Balaban J connectivity index is 2.07. The molecule has 1 spiro atoms.